The van der Waals surface area contributed by atoms with Crippen molar-refractivity contribution in [1.29, 1.82) is 0 Å². The molecular formula is C23H18N4O2. The van der Waals surface area contributed by atoms with Crippen LogP contribution in [0.2, 0.25) is 0 Å². The van der Waals surface area contributed by atoms with E-state index in [1.807, 2.05) is 57.7 Å². The number of carboxylic acids is 1. The lowest BCUT2D eigenvalue weighted by Crippen LogP contribution is -2.06. The van der Waals surface area contributed by atoms with Gasteiger partial charge in [0.1, 0.15) is 0 Å². The topological polar surface area (TPSA) is 72.9 Å². The number of hydrogen-bond donors (Lipinski definition) is 1. The van der Waals surface area contributed by atoms with E-state index >= 15 is 0 Å². The van der Waals surface area contributed by atoms with Gasteiger partial charge < -0.3 is 14.2 Å². The van der Waals surface area contributed by atoms with Gasteiger partial charge in [0.25, 0.3) is 0 Å². The molecule has 29 heavy (non-hydrogen) atoms. The van der Waals surface area contributed by atoms with Gasteiger partial charge in [-0.25, -0.2) is 14.8 Å². The number of carboxylic acid groups (broad SMARTS) is 1. The number of imidazole rings is 2. The van der Waals surface area contributed by atoms with E-state index in [2.05, 4.69) is 16.0 Å². The first kappa shape index (κ1) is 17.2. The molecule has 1 N–H and O–H groups in total. The number of hydrogen-bond acceptors (Lipinski definition) is 3. The third-order valence-electron chi connectivity index (χ3n) is 5.06. The van der Waals surface area contributed by atoms with E-state index in [1.54, 1.807) is 24.8 Å². The number of aromatic carboxylic acids is 1. The third kappa shape index (κ3) is 3.25. The van der Waals surface area contributed by atoms with Crippen molar-refractivity contribution in [3.05, 3.63) is 96.1 Å². The molecule has 5 aromatic rings. The summed E-state index contributed by atoms with van der Waals surface area (Å²) in [7, 11) is 0. The quantitative estimate of drug-likeness (QED) is 0.495. The zero-order chi connectivity index (χ0) is 19.8. The van der Waals surface area contributed by atoms with Crippen molar-refractivity contribution in [2.75, 3.05) is 0 Å². The lowest BCUT2D eigenvalue weighted by atomic mass is 10.0. The number of nitrogens with zero attached hydrogens (tertiary/aromatic N) is 4. The molecule has 0 aliphatic rings. The SMILES string of the molecule is O=C(O)c1cc(Cn2cnc3ccccc32)cc(Cn2cnc3ccccc32)c1. The molecule has 0 fully saturated rings. The summed E-state index contributed by atoms with van der Waals surface area (Å²) in [5.41, 5.74) is 6.02. The molecule has 0 unspecified atom stereocenters. The van der Waals surface area contributed by atoms with Gasteiger partial charge in [0.2, 0.25) is 0 Å². The Kier molecular flexibility index (Phi) is 4.09. The summed E-state index contributed by atoms with van der Waals surface area (Å²) in [4.78, 5) is 20.5. The van der Waals surface area contributed by atoms with E-state index in [0.29, 0.717) is 13.1 Å². The Morgan fingerprint density at radius 3 is 1.72 bits per heavy atom. The average molecular weight is 382 g/mol. The van der Waals surface area contributed by atoms with Gasteiger partial charge in [-0.05, 0) is 47.5 Å². The second kappa shape index (κ2) is 6.91. The maximum Gasteiger partial charge on any atom is 0.335 e. The van der Waals surface area contributed by atoms with Crippen LogP contribution in [-0.4, -0.2) is 30.2 Å². The minimum atomic E-state index is -0.931. The number of carbonyl (C=O) groups is 1. The second-order valence-corrected chi connectivity index (χ2v) is 7.07. The molecule has 0 radical (unpaired) electrons. The van der Waals surface area contributed by atoms with E-state index < -0.39 is 5.97 Å². The first-order valence-electron chi connectivity index (χ1n) is 9.33. The van der Waals surface area contributed by atoms with Crippen LogP contribution in [0.5, 0.6) is 0 Å². The largest absolute Gasteiger partial charge is 0.478 e. The van der Waals surface area contributed by atoms with Crippen LogP contribution in [-0.2, 0) is 13.1 Å². The fraction of sp³-hybridized carbons (Fsp3) is 0.0870. The highest BCUT2D eigenvalue weighted by atomic mass is 16.4. The first-order valence-corrected chi connectivity index (χ1v) is 9.33. The monoisotopic (exact) mass is 382 g/mol. The van der Waals surface area contributed by atoms with Crippen LogP contribution in [0.1, 0.15) is 21.5 Å². The smallest absolute Gasteiger partial charge is 0.335 e. The van der Waals surface area contributed by atoms with Gasteiger partial charge in [0.05, 0.1) is 40.3 Å². The third-order valence-corrected chi connectivity index (χ3v) is 5.06. The predicted molar refractivity (Wildman–Crippen MR) is 111 cm³/mol. The van der Waals surface area contributed by atoms with Crippen molar-refractivity contribution in [2.45, 2.75) is 13.1 Å². The molecule has 0 spiro atoms. The van der Waals surface area contributed by atoms with Gasteiger partial charge in [0.15, 0.2) is 0 Å². The Morgan fingerprint density at radius 2 is 1.24 bits per heavy atom. The Morgan fingerprint density at radius 1 is 0.759 bits per heavy atom. The van der Waals surface area contributed by atoms with Crippen molar-refractivity contribution in [1.82, 2.24) is 19.1 Å². The van der Waals surface area contributed by atoms with E-state index in [1.165, 1.54) is 0 Å². The van der Waals surface area contributed by atoms with Gasteiger partial charge in [-0.3, -0.25) is 0 Å². The van der Waals surface area contributed by atoms with Crippen LogP contribution < -0.4 is 0 Å². The predicted octanol–water partition coefficient (Wildman–Crippen LogP) is 4.18. The highest BCUT2D eigenvalue weighted by molar-refractivity contribution is 5.88. The lowest BCUT2D eigenvalue weighted by Gasteiger charge is -2.11. The molecule has 3 aromatic carbocycles. The van der Waals surface area contributed by atoms with Crippen molar-refractivity contribution < 1.29 is 9.90 Å². The molecule has 0 aliphatic carbocycles. The van der Waals surface area contributed by atoms with Crippen molar-refractivity contribution >= 4 is 28.0 Å². The maximum absolute atomic E-state index is 11.7. The molecule has 0 atom stereocenters. The summed E-state index contributed by atoms with van der Waals surface area (Å²) >= 11 is 0. The van der Waals surface area contributed by atoms with Gasteiger partial charge >= 0.3 is 5.97 Å². The fourth-order valence-corrected chi connectivity index (χ4v) is 3.73. The summed E-state index contributed by atoms with van der Waals surface area (Å²) < 4.78 is 4.07. The van der Waals surface area contributed by atoms with Gasteiger partial charge in [-0.15, -0.1) is 0 Å². The Bertz CT molecular complexity index is 1260. The zero-order valence-electron chi connectivity index (χ0n) is 15.6. The normalized spacial score (nSPS) is 11.3. The maximum atomic E-state index is 11.7. The highest BCUT2D eigenvalue weighted by Gasteiger charge is 2.11. The van der Waals surface area contributed by atoms with Crippen LogP contribution in [0.3, 0.4) is 0 Å². The number of fused-ring (bicyclic) bond motifs is 2. The summed E-state index contributed by atoms with van der Waals surface area (Å²) in [5.74, 6) is -0.931. The molecule has 0 bridgehead atoms. The van der Waals surface area contributed by atoms with Crippen LogP contribution in [0, 0.1) is 0 Å². The zero-order valence-corrected chi connectivity index (χ0v) is 15.6. The molecular weight excluding hydrogens is 364 g/mol. The van der Waals surface area contributed by atoms with Crippen molar-refractivity contribution in [3.63, 3.8) is 0 Å². The van der Waals surface area contributed by atoms with Gasteiger partial charge in [-0.1, -0.05) is 30.3 Å². The van der Waals surface area contributed by atoms with Crippen LogP contribution in [0.25, 0.3) is 22.1 Å². The number of para-hydroxylation sites is 4. The Hall–Kier alpha value is -3.93. The van der Waals surface area contributed by atoms with Gasteiger partial charge in [-0.2, -0.15) is 0 Å². The first-order chi connectivity index (χ1) is 14.2. The molecule has 5 rings (SSSR count). The van der Waals surface area contributed by atoms with E-state index in [4.69, 9.17) is 0 Å². The minimum Gasteiger partial charge on any atom is -0.478 e. The van der Waals surface area contributed by atoms with Crippen LogP contribution >= 0.6 is 0 Å². The van der Waals surface area contributed by atoms with Crippen LogP contribution in [0.15, 0.2) is 79.4 Å². The Labute approximate surface area is 166 Å². The summed E-state index contributed by atoms with van der Waals surface area (Å²) in [6.07, 6.45) is 3.59. The molecule has 6 nitrogen and oxygen atoms in total. The number of benzene rings is 3. The molecule has 0 aliphatic heterocycles. The number of aromatic nitrogens is 4. The molecule has 0 amide bonds. The highest BCUT2D eigenvalue weighted by Crippen LogP contribution is 2.19. The molecule has 0 saturated carbocycles. The number of rotatable bonds is 5. The fourth-order valence-electron chi connectivity index (χ4n) is 3.73. The summed E-state index contributed by atoms with van der Waals surface area (Å²) in [6.45, 7) is 1.11. The molecule has 2 aromatic heterocycles. The van der Waals surface area contributed by atoms with Crippen molar-refractivity contribution in [2.24, 2.45) is 0 Å². The van der Waals surface area contributed by atoms with E-state index in [0.717, 1.165) is 33.2 Å². The average Bonchev–Trinajstić information content (AvgIpc) is 3.33. The molecule has 0 saturated heterocycles. The summed E-state index contributed by atoms with van der Waals surface area (Å²) in [6, 6.07) is 21.3. The molecule has 6 heteroatoms. The molecule has 2 heterocycles. The van der Waals surface area contributed by atoms with E-state index in [-0.39, 0.29) is 5.56 Å². The lowest BCUT2D eigenvalue weighted by molar-refractivity contribution is 0.0696. The van der Waals surface area contributed by atoms with Gasteiger partial charge in [0, 0.05) is 13.1 Å². The van der Waals surface area contributed by atoms with Crippen molar-refractivity contribution in [3.8, 4) is 0 Å². The van der Waals surface area contributed by atoms with E-state index in [9.17, 15) is 9.90 Å². The Balaban J connectivity index is 1.52. The second-order valence-electron chi connectivity index (χ2n) is 7.07. The summed E-state index contributed by atoms with van der Waals surface area (Å²) in [5, 5.41) is 9.59. The molecule has 142 valence electrons. The standard InChI is InChI=1S/C23H18N4O2/c28-23(29)18-10-16(12-26-14-24-19-5-1-3-7-21(19)26)9-17(11-18)13-27-15-25-20-6-2-4-8-22(20)27/h1-11,14-15H,12-13H2,(H,28,29). The minimum absolute atomic E-state index is 0.284. The van der Waals surface area contributed by atoms with Crippen LogP contribution in [0.4, 0.5) is 0 Å².